The zero-order valence-electron chi connectivity index (χ0n) is 7.87. The van der Waals surface area contributed by atoms with E-state index < -0.39 is 0 Å². The molecule has 0 saturated carbocycles. The third kappa shape index (κ3) is 1.61. The molecule has 1 atom stereocenters. The van der Waals surface area contributed by atoms with Crippen molar-refractivity contribution < 1.29 is 14.4 Å². The Morgan fingerprint density at radius 1 is 1.46 bits per heavy atom. The quantitative estimate of drug-likeness (QED) is 0.592. The van der Waals surface area contributed by atoms with Gasteiger partial charge >= 0.3 is 0 Å². The van der Waals surface area contributed by atoms with E-state index in [9.17, 15) is 14.4 Å². The summed E-state index contributed by atoms with van der Waals surface area (Å²) in [5.74, 6) is -1.32. The van der Waals surface area contributed by atoms with E-state index in [0.29, 0.717) is 6.42 Å². The third-order valence-electron chi connectivity index (χ3n) is 2.28. The minimum Gasteiger partial charge on any atom is -0.274 e. The molecule has 0 N–H and O–H groups in total. The van der Waals surface area contributed by atoms with Gasteiger partial charge in [-0.2, -0.15) is 0 Å². The van der Waals surface area contributed by atoms with Gasteiger partial charge in [0.1, 0.15) is 0 Å². The molecule has 13 heavy (non-hydrogen) atoms. The van der Waals surface area contributed by atoms with Crippen molar-refractivity contribution in [3.63, 3.8) is 0 Å². The second kappa shape index (κ2) is 3.68. The lowest BCUT2D eigenvalue weighted by Crippen LogP contribution is -2.36. The van der Waals surface area contributed by atoms with Crippen LogP contribution in [-0.2, 0) is 14.4 Å². The largest absolute Gasteiger partial charge is 0.274 e. The second-order valence-corrected chi connectivity index (χ2v) is 3.12. The van der Waals surface area contributed by atoms with Crippen LogP contribution >= 0.6 is 0 Å². The first kappa shape index (κ1) is 9.89. The van der Waals surface area contributed by atoms with Gasteiger partial charge in [-0.3, -0.25) is 14.4 Å². The summed E-state index contributed by atoms with van der Waals surface area (Å²) in [6.07, 6.45) is 1.02. The summed E-state index contributed by atoms with van der Waals surface area (Å²) >= 11 is 0. The normalized spacial score (nSPS) is 22.6. The number of carbonyl (C=O) groups excluding carboxylic acids is 3. The van der Waals surface area contributed by atoms with Crippen LogP contribution in [0.5, 0.6) is 0 Å². The summed E-state index contributed by atoms with van der Waals surface area (Å²) in [5.41, 5.74) is 0. The molecule has 0 aliphatic carbocycles. The van der Waals surface area contributed by atoms with Crippen LogP contribution in [0.15, 0.2) is 0 Å². The summed E-state index contributed by atoms with van der Waals surface area (Å²) in [6, 6.07) is 0. The molecular weight excluding hydrogens is 170 g/mol. The van der Waals surface area contributed by atoms with Crippen LogP contribution in [0.3, 0.4) is 0 Å². The highest BCUT2D eigenvalue weighted by Gasteiger charge is 2.40. The van der Waals surface area contributed by atoms with E-state index in [0.717, 1.165) is 4.90 Å². The zero-order valence-corrected chi connectivity index (χ0v) is 7.87. The Balaban J connectivity index is 2.82. The molecule has 1 rings (SSSR count). The Morgan fingerprint density at radius 3 is 2.46 bits per heavy atom. The van der Waals surface area contributed by atoms with Crippen LogP contribution in [0.25, 0.3) is 0 Å². The maximum absolute atomic E-state index is 11.4. The molecule has 1 saturated heterocycles. The van der Waals surface area contributed by atoms with Crippen molar-refractivity contribution in [2.24, 2.45) is 5.92 Å². The van der Waals surface area contributed by atoms with Gasteiger partial charge in [0.25, 0.3) is 0 Å². The summed E-state index contributed by atoms with van der Waals surface area (Å²) in [7, 11) is 0. The number of hydrogen-bond donors (Lipinski definition) is 0. The standard InChI is InChI=1S/C9H13NO3/c1-3-6-5-8(12)10(9(6)13)7(11)4-2/h6H,3-5H2,1-2H3. The van der Waals surface area contributed by atoms with Crippen molar-refractivity contribution in [2.75, 3.05) is 0 Å². The van der Waals surface area contributed by atoms with E-state index in [2.05, 4.69) is 0 Å². The van der Waals surface area contributed by atoms with Gasteiger partial charge in [0, 0.05) is 18.8 Å². The Bertz CT molecular complexity index is 260. The maximum atomic E-state index is 11.4. The predicted molar refractivity (Wildman–Crippen MR) is 45.5 cm³/mol. The molecule has 1 heterocycles. The Labute approximate surface area is 76.9 Å². The number of hydrogen-bond acceptors (Lipinski definition) is 3. The highest BCUT2D eigenvalue weighted by Crippen LogP contribution is 2.22. The van der Waals surface area contributed by atoms with Crippen LogP contribution in [-0.4, -0.2) is 22.6 Å². The Morgan fingerprint density at radius 2 is 2.08 bits per heavy atom. The first-order valence-corrected chi connectivity index (χ1v) is 4.51. The monoisotopic (exact) mass is 183 g/mol. The summed E-state index contributed by atoms with van der Waals surface area (Å²) in [6.45, 7) is 3.48. The van der Waals surface area contributed by atoms with Crippen LogP contribution in [0, 0.1) is 5.92 Å². The van der Waals surface area contributed by atoms with Gasteiger partial charge in [-0.25, -0.2) is 4.90 Å². The number of carbonyl (C=O) groups is 3. The molecule has 1 unspecified atom stereocenters. The fourth-order valence-corrected chi connectivity index (χ4v) is 1.43. The molecule has 0 bridgehead atoms. The van der Waals surface area contributed by atoms with Gasteiger partial charge in [0.15, 0.2) is 0 Å². The highest BCUT2D eigenvalue weighted by atomic mass is 16.2. The smallest absolute Gasteiger partial charge is 0.239 e. The second-order valence-electron chi connectivity index (χ2n) is 3.12. The van der Waals surface area contributed by atoms with Crippen molar-refractivity contribution in [3.8, 4) is 0 Å². The number of imide groups is 3. The molecule has 1 fully saturated rings. The lowest BCUT2D eigenvalue weighted by molar-refractivity contribution is -0.149. The van der Waals surface area contributed by atoms with E-state index >= 15 is 0 Å². The Kier molecular flexibility index (Phi) is 2.80. The van der Waals surface area contributed by atoms with Crippen molar-refractivity contribution in [3.05, 3.63) is 0 Å². The lowest BCUT2D eigenvalue weighted by Gasteiger charge is -2.10. The molecule has 1 aliphatic heterocycles. The number of nitrogens with zero attached hydrogens (tertiary/aromatic N) is 1. The molecule has 0 radical (unpaired) electrons. The fraction of sp³-hybridized carbons (Fsp3) is 0.667. The number of amides is 3. The molecular formula is C9H13NO3. The molecule has 3 amide bonds. The molecule has 4 nitrogen and oxygen atoms in total. The van der Waals surface area contributed by atoms with Crippen LogP contribution in [0.2, 0.25) is 0 Å². The van der Waals surface area contributed by atoms with Crippen LogP contribution in [0.4, 0.5) is 0 Å². The minimum absolute atomic E-state index is 0.196. The Hall–Kier alpha value is -1.19. The zero-order chi connectivity index (χ0) is 10.0. The van der Waals surface area contributed by atoms with Crippen molar-refractivity contribution in [1.82, 2.24) is 4.90 Å². The van der Waals surface area contributed by atoms with Gasteiger partial charge < -0.3 is 0 Å². The first-order chi connectivity index (χ1) is 6.11. The average Bonchev–Trinajstić information content (AvgIpc) is 2.40. The van der Waals surface area contributed by atoms with E-state index in [1.54, 1.807) is 6.92 Å². The first-order valence-electron chi connectivity index (χ1n) is 4.51. The molecule has 1 aliphatic rings. The van der Waals surface area contributed by atoms with Gasteiger partial charge in [0.05, 0.1) is 0 Å². The van der Waals surface area contributed by atoms with E-state index in [1.165, 1.54) is 0 Å². The van der Waals surface area contributed by atoms with Crippen LogP contribution < -0.4 is 0 Å². The number of likely N-dealkylation sites (tertiary alicyclic amines) is 1. The van der Waals surface area contributed by atoms with Gasteiger partial charge in [-0.15, -0.1) is 0 Å². The third-order valence-corrected chi connectivity index (χ3v) is 2.28. The number of rotatable bonds is 2. The van der Waals surface area contributed by atoms with Gasteiger partial charge in [-0.1, -0.05) is 13.8 Å². The van der Waals surface area contributed by atoms with Crippen molar-refractivity contribution in [2.45, 2.75) is 33.1 Å². The lowest BCUT2D eigenvalue weighted by atomic mass is 10.1. The summed E-state index contributed by atoms with van der Waals surface area (Å²) < 4.78 is 0. The van der Waals surface area contributed by atoms with E-state index in [4.69, 9.17) is 0 Å². The topological polar surface area (TPSA) is 54.5 Å². The SMILES string of the molecule is CCC(=O)N1C(=O)CC(CC)C1=O. The minimum atomic E-state index is -0.383. The molecule has 0 aromatic carbocycles. The summed E-state index contributed by atoms with van der Waals surface area (Å²) in [4.78, 5) is 34.7. The fourth-order valence-electron chi connectivity index (χ4n) is 1.43. The summed E-state index contributed by atoms with van der Waals surface area (Å²) in [5, 5.41) is 0. The average molecular weight is 183 g/mol. The van der Waals surface area contributed by atoms with Gasteiger partial charge in [0.2, 0.25) is 17.7 Å². The van der Waals surface area contributed by atoms with Crippen molar-refractivity contribution in [1.29, 1.82) is 0 Å². The molecule has 0 spiro atoms. The van der Waals surface area contributed by atoms with Gasteiger partial charge in [-0.05, 0) is 6.42 Å². The highest BCUT2D eigenvalue weighted by molar-refractivity contribution is 6.15. The maximum Gasteiger partial charge on any atom is 0.239 e. The molecule has 4 heteroatoms. The molecule has 0 aromatic heterocycles. The van der Waals surface area contributed by atoms with Crippen molar-refractivity contribution >= 4 is 17.7 Å². The van der Waals surface area contributed by atoms with E-state index in [-0.39, 0.29) is 36.5 Å². The molecule has 0 aromatic rings. The van der Waals surface area contributed by atoms with E-state index in [1.807, 2.05) is 6.92 Å². The van der Waals surface area contributed by atoms with Crippen LogP contribution in [0.1, 0.15) is 33.1 Å². The predicted octanol–water partition coefficient (Wildman–Crippen LogP) is 0.708. The molecule has 72 valence electrons.